The molecule has 3 rings (SSSR count). The molecule has 9 nitrogen and oxygen atoms in total. The fraction of sp³-hybridized carbons (Fsp3) is 0.0667. The van der Waals surface area contributed by atoms with Crippen molar-refractivity contribution in [3.05, 3.63) is 77.3 Å². The minimum absolute atomic E-state index is 0.0726. The number of hydrogen-bond acceptors (Lipinski definition) is 6. The van der Waals surface area contributed by atoms with E-state index in [1.54, 1.807) is 6.07 Å². The Morgan fingerprint density at radius 3 is 2.44 bits per heavy atom. The summed E-state index contributed by atoms with van der Waals surface area (Å²) < 4.78 is 1.62. The molecule has 0 aliphatic rings. The number of non-ortho nitro benzene ring substituents is 1. The number of nitrogens with zero attached hydrogens (tertiary/aromatic N) is 4. The van der Waals surface area contributed by atoms with Gasteiger partial charge in [0.2, 0.25) is 0 Å². The molecule has 3 aromatic rings. The molecule has 0 bridgehead atoms. The number of rotatable bonds is 3. The Kier molecular flexibility index (Phi) is 4.05. The molecule has 25 heavy (non-hydrogen) atoms. The van der Waals surface area contributed by atoms with E-state index < -0.39 is 15.4 Å². The zero-order chi connectivity index (χ0) is 18.3. The third kappa shape index (κ3) is 2.87. The van der Waals surface area contributed by atoms with Gasteiger partial charge in [0.05, 0.1) is 20.7 Å². The lowest BCUT2D eigenvalue weighted by molar-refractivity contribution is -0.384. The van der Waals surface area contributed by atoms with Gasteiger partial charge < -0.3 is 0 Å². The van der Waals surface area contributed by atoms with Crippen molar-refractivity contribution in [1.29, 1.82) is 0 Å². The van der Waals surface area contributed by atoms with Crippen LogP contribution in [0.2, 0.25) is 0 Å². The summed E-state index contributed by atoms with van der Waals surface area (Å²) in [7, 11) is 0. The quantitative estimate of drug-likeness (QED) is 0.487. The van der Waals surface area contributed by atoms with Gasteiger partial charge >= 0.3 is 0 Å². The van der Waals surface area contributed by atoms with E-state index in [1.807, 2.05) is 0 Å². The van der Waals surface area contributed by atoms with Crippen LogP contribution >= 0.6 is 15.9 Å². The third-order valence-electron chi connectivity index (χ3n) is 3.61. The van der Waals surface area contributed by atoms with Gasteiger partial charge in [-0.2, -0.15) is 0 Å². The second kappa shape index (κ2) is 6.06. The fourth-order valence-electron chi connectivity index (χ4n) is 2.51. The molecule has 0 amide bonds. The van der Waals surface area contributed by atoms with E-state index in [0.717, 1.165) is 4.57 Å². The summed E-state index contributed by atoms with van der Waals surface area (Å²) in [5.41, 5.74) is -0.757. The molecular formula is C15H9BrN4O5. The van der Waals surface area contributed by atoms with Crippen LogP contribution in [0.5, 0.6) is 0 Å². The second-order valence-corrected chi connectivity index (χ2v) is 6.06. The molecule has 0 unspecified atom stereocenters. The van der Waals surface area contributed by atoms with Gasteiger partial charge in [0.1, 0.15) is 11.5 Å². The van der Waals surface area contributed by atoms with Gasteiger partial charge in [-0.1, -0.05) is 15.9 Å². The lowest BCUT2D eigenvalue weighted by Gasteiger charge is -2.11. The summed E-state index contributed by atoms with van der Waals surface area (Å²) in [6, 6.07) is 8.00. The van der Waals surface area contributed by atoms with Crippen molar-refractivity contribution in [2.45, 2.75) is 6.92 Å². The summed E-state index contributed by atoms with van der Waals surface area (Å²) in [5.74, 6) is 0.184. The lowest BCUT2D eigenvalue weighted by atomic mass is 10.2. The molecule has 10 heteroatoms. The zero-order valence-electron chi connectivity index (χ0n) is 12.7. The van der Waals surface area contributed by atoms with Crippen LogP contribution in [-0.4, -0.2) is 19.4 Å². The molecule has 0 saturated heterocycles. The summed E-state index contributed by atoms with van der Waals surface area (Å²) in [6.07, 6.45) is 0. The minimum atomic E-state index is -0.591. The van der Waals surface area contributed by atoms with Crippen molar-refractivity contribution >= 4 is 38.2 Å². The predicted molar refractivity (Wildman–Crippen MR) is 93.1 cm³/mol. The average molecular weight is 405 g/mol. The van der Waals surface area contributed by atoms with Gasteiger partial charge in [-0.25, -0.2) is 4.98 Å². The first-order valence-electron chi connectivity index (χ1n) is 6.91. The summed E-state index contributed by atoms with van der Waals surface area (Å²) in [5, 5.41) is 22.3. The van der Waals surface area contributed by atoms with E-state index in [9.17, 15) is 25.0 Å². The number of benzene rings is 2. The van der Waals surface area contributed by atoms with Crippen molar-refractivity contribution in [2.24, 2.45) is 0 Å². The first-order chi connectivity index (χ1) is 11.8. The largest absolute Gasteiger partial charge is 0.294 e. The Morgan fingerprint density at radius 1 is 1.08 bits per heavy atom. The Balaban J connectivity index is 2.36. The molecule has 0 spiro atoms. The van der Waals surface area contributed by atoms with Gasteiger partial charge in [0.15, 0.2) is 0 Å². The summed E-state index contributed by atoms with van der Waals surface area (Å²) in [6.45, 7) is 1.51. The molecule has 0 saturated carbocycles. The summed E-state index contributed by atoms with van der Waals surface area (Å²) >= 11 is 3.16. The van der Waals surface area contributed by atoms with Crippen molar-refractivity contribution < 1.29 is 9.85 Å². The fourth-order valence-corrected chi connectivity index (χ4v) is 2.86. The highest BCUT2D eigenvalue weighted by atomic mass is 79.9. The van der Waals surface area contributed by atoms with Crippen LogP contribution in [0.15, 0.2) is 45.7 Å². The predicted octanol–water partition coefficient (Wildman–Crippen LogP) is 3.27. The topological polar surface area (TPSA) is 121 Å². The molecule has 0 N–H and O–H groups in total. The number of aromatic nitrogens is 2. The molecule has 0 radical (unpaired) electrons. The van der Waals surface area contributed by atoms with E-state index in [-0.39, 0.29) is 33.8 Å². The number of halogens is 1. The van der Waals surface area contributed by atoms with Gasteiger partial charge in [-0.05, 0) is 25.1 Å². The van der Waals surface area contributed by atoms with Crippen LogP contribution in [0.25, 0.3) is 16.6 Å². The van der Waals surface area contributed by atoms with E-state index in [4.69, 9.17) is 0 Å². The Bertz CT molecular complexity index is 1110. The number of fused-ring (bicyclic) bond motifs is 1. The molecule has 0 aliphatic heterocycles. The highest BCUT2D eigenvalue weighted by Gasteiger charge is 2.20. The van der Waals surface area contributed by atoms with Gasteiger partial charge in [-0.15, -0.1) is 0 Å². The van der Waals surface area contributed by atoms with Gasteiger partial charge in [-0.3, -0.25) is 29.6 Å². The van der Waals surface area contributed by atoms with Crippen LogP contribution in [0.1, 0.15) is 5.82 Å². The highest BCUT2D eigenvalue weighted by molar-refractivity contribution is 9.10. The highest BCUT2D eigenvalue weighted by Crippen LogP contribution is 2.27. The maximum Gasteiger partial charge on any atom is 0.294 e. The first kappa shape index (κ1) is 16.7. The Labute approximate surface area is 148 Å². The zero-order valence-corrected chi connectivity index (χ0v) is 14.3. The van der Waals surface area contributed by atoms with Crippen LogP contribution in [0.4, 0.5) is 11.4 Å². The number of nitro groups is 2. The molecule has 1 heterocycles. The number of hydrogen-bond donors (Lipinski definition) is 0. The molecule has 0 atom stereocenters. The molecule has 0 aliphatic carbocycles. The Hall–Kier alpha value is -3.14. The lowest BCUT2D eigenvalue weighted by Crippen LogP contribution is -2.23. The van der Waals surface area contributed by atoms with Gasteiger partial charge in [0, 0.05) is 22.7 Å². The monoisotopic (exact) mass is 404 g/mol. The number of aryl methyl sites for hydroxylation is 1. The van der Waals surface area contributed by atoms with E-state index >= 15 is 0 Å². The molecule has 0 fully saturated rings. The standard InChI is InChI=1S/C15H9BrN4O5/c1-8-17-12-7-10(19(22)23)3-4-11(12)15(21)18(8)13-5-2-9(16)6-14(13)20(24)25/h2-7H,1H3. The minimum Gasteiger partial charge on any atom is -0.268 e. The van der Waals surface area contributed by atoms with Crippen LogP contribution in [0, 0.1) is 27.2 Å². The van der Waals surface area contributed by atoms with E-state index in [0.29, 0.717) is 4.47 Å². The second-order valence-electron chi connectivity index (χ2n) is 5.15. The normalized spacial score (nSPS) is 10.8. The van der Waals surface area contributed by atoms with Crippen LogP contribution in [0.3, 0.4) is 0 Å². The smallest absolute Gasteiger partial charge is 0.268 e. The van der Waals surface area contributed by atoms with Crippen molar-refractivity contribution in [1.82, 2.24) is 9.55 Å². The Morgan fingerprint density at radius 2 is 1.80 bits per heavy atom. The SMILES string of the molecule is Cc1nc2cc([N+](=O)[O-])ccc2c(=O)n1-c1ccc(Br)cc1[N+](=O)[O-]. The van der Waals surface area contributed by atoms with Crippen LogP contribution in [-0.2, 0) is 0 Å². The van der Waals surface area contributed by atoms with Gasteiger partial charge in [0.25, 0.3) is 16.9 Å². The number of nitro benzene ring substituents is 2. The molecule has 1 aromatic heterocycles. The maximum atomic E-state index is 12.8. The molecular weight excluding hydrogens is 396 g/mol. The summed E-state index contributed by atoms with van der Waals surface area (Å²) in [4.78, 5) is 38.0. The van der Waals surface area contributed by atoms with E-state index in [1.165, 1.54) is 37.3 Å². The average Bonchev–Trinajstić information content (AvgIpc) is 2.55. The van der Waals surface area contributed by atoms with E-state index in [2.05, 4.69) is 20.9 Å². The van der Waals surface area contributed by atoms with Crippen LogP contribution < -0.4 is 5.56 Å². The maximum absolute atomic E-state index is 12.8. The van der Waals surface area contributed by atoms with Crippen molar-refractivity contribution in [2.75, 3.05) is 0 Å². The first-order valence-corrected chi connectivity index (χ1v) is 7.71. The molecule has 2 aromatic carbocycles. The molecule has 126 valence electrons. The van der Waals surface area contributed by atoms with Crippen molar-refractivity contribution in [3.63, 3.8) is 0 Å². The third-order valence-corrected chi connectivity index (χ3v) is 4.10. The van der Waals surface area contributed by atoms with Crippen molar-refractivity contribution in [3.8, 4) is 5.69 Å².